The van der Waals surface area contributed by atoms with E-state index < -0.39 is 15.9 Å². The predicted molar refractivity (Wildman–Crippen MR) is 122 cm³/mol. The Kier molecular flexibility index (Phi) is 6.57. The standard InChI is InChI=1S/C23H21N5O4S/c1-2-28(16-17-6-4-3-5-7-17)33(30,31)20-10-8-18(9-11-20)21(29)25-23-27-26-22(32-23)19-12-14-24-15-13-19/h3-15H,2,16H2,1H3,(H,25,27,29). The Hall–Kier alpha value is -3.89. The molecule has 0 aliphatic carbocycles. The summed E-state index contributed by atoms with van der Waals surface area (Å²) in [4.78, 5) is 16.6. The van der Waals surface area contributed by atoms with Gasteiger partial charge in [0.1, 0.15) is 0 Å². The zero-order chi connectivity index (χ0) is 23.3. The Labute approximate surface area is 191 Å². The van der Waals surface area contributed by atoms with Crippen LogP contribution in [0.15, 0.2) is 88.4 Å². The lowest BCUT2D eigenvalue weighted by Crippen LogP contribution is -2.30. The van der Waals surface area contributed by atoms with Crippen LogP contribution in [0.4, 0.5) is 6.01 Å². The molecule has 0 radical (unpaired) electrons. The molecule has 9 nitrogen and oxygen atoms in total. The second-order valence-corrected chi connectivity index (χ2v) is 8.98. The van der Waals surface area contributed by atoms with E-state index >= 15 is 0 Å². The summed E-state index contributed by atoms with van der Waals surface area (Å²) >= 11 is 0. The van der Waals surface area contributed by atoms with Crippen LogP contribution in [0.1, 0.15) is 22.8 Å². The fraction of sp³-hybridized carbons (Fsp3) is 0.130. The topological polar surface area (TPSA) is 118 Å². The minimum absolute atomic E-state index is 0.0662. The third-order valence-corrected chi connectivity index (χ3v) is 6.82. The van der Waals surface area contributed by atoms with Crippen molar-refractivity contribution in [1.82, 2.24) is 19.5 Å². The van der Waals surface area contributed by atoms with E-state index in [0.717, 1.165) is 5.56 Å². The first-order chi connectivity index (χ1) is 16.0. The molecule has 0 unspecified atom stereocenters. The highest BCUT2D eigenvalue weighted by atomic mass is 32.2. The first-order valence-corrected chi connectivity index (χ1v) is 11.6. The van der Waals surface area contributed by atoms with Crippen LogP contribution in [0.25, 0.3) is 11.5 Å². The normalized spacial score (nSPS) is 11.5. The Bertz CT molecular complexity index is 1320. The lowest BCUT2D eigenvalue weighted by molar-refractivity contribution is 0.102. The maximum atomic E-state index is 13.1. The summed E-state index contributed by atoms with van der Waals surface area (Å²) in [7, 11) is -3.72. The average Bonchev–Trinajstić information content (AvgIpc) is 3.32. The molecule has 0 bridgehead atoms. The molecule has 4 aromatic rings. The quantitative estimate of drug-likeness (QED) is 0.424. The van der Waals surface area contributed by atoms with Crippen LogP contribution < -0.4 is 5.32 Å². The molecule has 33 heavy (non-hydrogen) atoms. The van der Waals surface area contributed by atoms with Crippen molar-refractivity contribution in [2.24, 2.45) is 0 Å². The summed E-state index contributed by atoms with van der Waals surface area (Å²) in [6, 6.07) is 18.4. The number of amides is 1. The van der Waals surface area contributed by atoms with E-state index in [9.17, 15) is 13.2 Å². The average molecular weight is 464 g/mol. The van der Waals surface area contributed by atoms with Crippen molar-refractivity contribution < 1.29 is 17.6 Å². The van der Waals surface area contributed by atoms with E-state index in [1.54, 1.807) is 31.5 Å². The zero-order valence-electron chi connectivity index (χ0n) is 17.7. The molecule has 0 atom stereocenters. The van der Waals surface area contributed by atoms with Gasteiger partial charge >= 0.3 is 6.01 Å². The van der Waals surface area contributed by atoms with Crippen molar-refractivity contribution in [3.8, 4) is 11.5 Å². The number of anilines is 1. The molecule has 2 heterocycles. The van der Waals surface area contributed by atoms with Gasteiger partial charge in [0, 0.05) is 36.6 Å². The number of hydrogen-bond donors (Lipinski definition) is 1. The highest BCUT2D eigenvalue weighted by Gasteiger charge is 2.23. The smallest absolute Gasteiger partial charge is 0.322 e. The van der Waals surface area contributed by atoms with Crippen LogP contribution in [0.3, 0.4) is 0 Å². The fourth-order valence-corrected chi connectivity index (χ4v) is 4.57. The summed E-state index contributed by atoms with van der Waals surface area (Å²) in [5, 5.41) is 10.2. The van der Waals surface area contributed by atoms with Gasteiger partial charge in [-0.25, -0.2) is 8.42 Å². The lowest BCUT2D eigenvalue weighted by Gasteiger charge is -2.20. The van der Waals surface area contributed by atoms with Gasteiger partial charge in [-0.1, -0.05) is 42.4 Å². The van der Waals surface area contributed by atoms with Crippen LogP contribution in [-0.2, 0) is 16.6 Å². The number of hydrogen-bond acceptors (Lipinski definition) is 7. The molecule has 2 aromatic heterocycles. The molecule has 0 aliphatic heterocycles. The van der Waals surface area contributed by atoms with Gasteiger partial charge in [-0.2, -0.15) is 4.31 Å². The van der Waals surface area contributed by atoms with E-state index in [1.165, 1.54) is 28.6 Å². The number of pyridine rings is 1. The van der Waals surface area contributed by atoms with E-state index in [0.29, 0.717) is 12.1 Å². The predicted octanol–water partition coefficient (Wildman–Crippen LogP) is 3.59. The number of carbonyl (C=O) groups excluding carboxylic acids is 1. The molecule has 0 fully saturated rings. The van der Waals surface area contributed by atoms with Gasteiger partial charge in [-0.05, 0) is 42.0 Å². The third kappa shape index (κ3) is 5.13. The SMILES string of the molecule is CCN(Cc1ccccc1)S(=O)(=O)c1ccc(C(=O)Nc2nnc(-c3ccncc3)o2)cc1. The van der Waals surface area contributed by atoms with Gasteiger partial charge in [-0.15, -0.1) is 5.10 Å². The van der Waals surface area contributed by atoms with Gasteiger partial charge in [0.15, 0.2) is 0 Å². The molecule has 2 aromatic carbocycles. The van der Waals surface area contributed by atoms with Crippen molar-refractivity contribution in [3.63, 3.8) is 0 Å². The lowest BCUT2D eigenvalue weighted by atomic mass is 10.2. The number of aromatic nitrogens is 3. The monoisotopic (exact) mass is 463 g/mol. The van der Waals surface area contributed by atoms with E-state index in [-0.39, 0.29) is 28.9 Å². The second-order valence-electron chi connectivity index (χ2n) is 7.04. The molecule has 4 rings (SSSR count). The summed E-state index contributed by atoms with van der Waals surface area (Å²) in [5.41, 5.74) is 1.82. The van der Waals surface area contributed by atoms with E-state index in [4.69, 9.17) is 4.42 Å². The van der Waals surface area contributed by atoms with E-state index in [1.807, 2.05) is 30.3 Å². The molecule has 1 amide bonds. The van der Waals surface area contributed by atoms with Gasteiger partial charge in [-0.3, -0.25) is 15.1 Å². The van der Waals surface area contributed by atoms with Crippen LogP contribution in [0.5, 0.6) is 0 Å². The third-order valence-electron chi connectivity index (χ3n) is 4.88. The highest BCUT2D eigenvalue weighted by Crippen LogP contribution is 2.21. The van der Waals surface area contributed by atoms with Crippen molar-refractivity contribution in [3.05, 3.63) is 90.3 Å². The summed E-state index contributed by atoms with van der Waals surface area (Å²) in [6.45, 7) is 2.36. The van der Waals surface area contributed by atoms with Gasteiger partial charge in [0.05, 0.1) is 4.90 Å². The first-order valence-electron chi connectivity index (χ1n) is 10.2. The number of benzene rings is 2. The number of sulfonamides is 1. The molecule has 0 saturated carbocycles. The summed E-state index contributed by atoms with van der Waals surface area (Å²) < 4.78 is 33.0. The summed E-state index contributed by atoms with van der Waals surface area (Å²) in [6.07, 6.45) is 3.18. The van der Waals surface area contributed by atoms with Crippen molar-refractivity contribution in [1.29, 1.82) is 0 Å². The number of nitrogens with one attached hydrogen (secondary N) is 1. The van der Waals surface area contributed by atoms with Crippen molar-refractivity contribution >= 4 is 21.9 Å². The molecule has 0 spiro atoms. The van der Waals surface area contributed by atoms with Gasteiger partial charge in [0.25, 0.3) is 5.91 Å². The second kappa shape index (κ2) is 9.72. The summed E-state index contributed by atoms with van der Waals surface area (Å²) in [5.74, 6) is -0.257. The van der Waals surface area contributed by atoms with Gasteiger partial charge in [0.2, 0.25) is 15.9 Å². The number of rotatable bonds is 8. The molecule has 168 valence electrons. The van der Waals surface area contributed by atoms with Crippen molar-refractivity contribution in [2.45, 2.75) is 18.4 Å². The molecular weight excluding hydrogens is 442 g/mol. The van der Waals surface area contributed by atoms with Crippen LogP contribution in [0, 0.1) is 0 Å². The highest BCUT2D eigenvalue weighted by molar-refractivity contribution is 7.89. The Morgan fingerprint density at radius 3 is 2.33 bits per heavy atom. The first kappa shape index (κ1) is 22.3. The number of carbonyl (C=O) groups is 1. The minimum Gasteiger partial charge on any atom is -0.403 e. The Balaban J connectivity index is 1.46. The molecule has 0 saturated heterocycles. The Morgan fingerprint density at radius 2 is 1.67 bits per heavy atom. The molecular formula is C23H21N5O4S. The zero-order valence-corrected chi connectivity index (χ0v) is 18.6. The largest absolute Gasteiger partial charge is 0.403 e. The van der Waals surface area contributed by atoms with Gasteiger partial charge < -0.3 is 4.42 Å². The maximum absolute atomic E-state index is 13.1. The van der Waals surface area contributed by atoms with Crippen LogP contribution >= 0.6 is 0 Å². The fourth-order valence-electron chi connectivity index (χ4n) is 3.14. The Morgan fingerprint density at radius 1 is 0.970 bits per heavy atom. The maximum Gasteiger partial charge on any atom is 0.322 e. The van der Waals surface area contributed by atoms with Crippen molar-refractivity contribution in [2.75, 3.05) is 11.9 Å². The van der Waals surface area contributed by atoms with E-state index in [2.05, 4.69) is 20.5 Å². The minimum atomic E-state index is -3.72. The number of nitrogens with zero attached hydrogens (tertiary/aromatic N) is 4. The van der Waals surface area contributed by atoms with Crippen LogP contribution in [-0.4, -0.2) is 40.4 Å². The molecule has 0 aliphatic rings. The molecule has 1 N–H and O–H groups in total. The van der Waals surface area contributed by atoms with Crippen LogP contribution in [0.2, 0.25) is 0 Å². The molecule has 10 heteroatoms.